The zero-order chi connectivity index (χ0) is 16.3. The predicted molar refractivity (Wildman–Crippen MR) is 75.1 cm³/mol. The number of ether oxygens (including phenoxy) is 2. The number of rotatable bonds is 3. The van der Waals surface area contributed by atoms with Crippen LogP contribution in [0.15, 0.2) is 36.4 Å². The Hall–Kier alpha value is -1.77. The van der Waals surface area contributed by atoms with Crippen molar-refractivity contribution in [2.75, 3.05) is 0 Å². The molecule has 0 radical (unpaired) electrons. The highest BCUT2D eigenvalue weighted by molar-refractivity contribution is 5.87. The molecule has 1 aromatic carbocycles. The first-order valence-corrected chi connectivity index (χ1v) is 6.74. The monoisotopic (exact) mass is 310 g/mol. The van der Waals surface area contributed by atoms with E-state index in [1.54, 1.807) is 24.3 Å². The Morgan fingerprint density at radius 1 is 1.23 bits per heavy atom. The summed E-state index contributed by atoms with van der Waals surface area (Å²) in [6, 6.07) is 8.90. The number of carbonyl (C=O) groups is 1. The predicted octanol–water partition coefficient (Wildman–Crippen LogP) is -0.609. The minimum absolute atomic E-state index is 0.736. The van der Waals surface area contributed by atoms with E-state index >= 15 is 0 Å². The maximum Gasteiger partial charge on any atom is 0.357 e. The van der Waals surface area contributed by atoms with Gasteiger partial charge in [-0.25, -0.2) is 4.79 Å². The lowest BCUT2D eigenvalue weighted by atomic mass is 9.98. The van der Waals surface area contributed by atoms with E-state index in [4.69, 9.17) is 4.74 Å². The van der Waals surface area contributed by atoms with E-state index in [0.717, 1.165) is 11.6 Å². The lowest BCUT2D eigenvalue weighted by molar-refractivity contribution is -0.429. The molecule has 1 heterocycles. The molecule has 5 atom stereocenters. The molecule has 0 amide bonds. The number of esters is 1. The van der Waals surface area contributed by atoms with Gasteiger partial charge in [0.15, 0.2) is 6.10 Å². The van der Waals surface area contributed by atoms with Gasteiger partial charge in [-0.15, -0.1) is 0 Å². The molecule has 1 saturated heterocycles. The SMILES string of the molecule is C[C@@H]1O[C@@](O)(OC(=O)C=Cc2ccccc2)[C@H](O)[C@H](O)[C@H]1O. The van der Waals surface area contributed by atoms with Gasteiger partial charge < -0.3 is 29.9 Å². The highest BCUT2D eigenvalue weighted by atomic mass is 16.8. The van der Waals surface area contributed by atoms with Crippen LogP contribution in [0.3, 0.4) is 0 Å². The highest BCUT2D eigenvalue weighted by Crippen LogP contribution is 2.29. The Morgan fingerprint density at radius 3 is 2.50 bits per heavy atom. The van der Waals surface area contributed by atoms with E-state index in [1.807, 2.05) is 6.07 Å². The average Bonchev–Trinajstić information content (AvgIpc) is 2.50. The molecule has 0 spiro atoms. The Balaban J connectivity index is 2.05. The van der Waals surface area contributed by atoms with Gasteiger partial charge in [-0.2, -0.15) is 0 Å². The third kappa shape index (κ3) is 3.52. The molecule has 22 heavy (non-hydrogen) atoms. The molecule has 0 aromatic heterocycles. The first-order chi connectivity index (χ1) is 10.3. The summed E-state index contributed by atoms with van der Waals surface area (Å²) in [4.78, 5) is 11.7. The highest BCUT2D eigenvalue weighted by Gasteiger charge is 2.54. The van der Waals surface area contributed by atoms with E-state index in [9.17, 15) is 25.2 Å². The number of aliphatic hydroxyl groups excluding tert-OH is 3. The summed E-state index contributed by atoms with van der Waals surface area (Å²) in [5, 5.41) is 38.9. The van der Waals surface area contributed by atoms with E-state index in [2.05, 4.69) is 4.74 Å². The fourth-order valence-corrected chi connectivity index (χ4v) is 2.08. The summed E-state index contributed by atoms with van der Waals surface area (Å²) in [5.74, 6) is -3.70. The van der Waals surface area contributed by atoms with E-state index in [0.29, 0.717) is 0 Å². The summed E-state index contributed by atoms with van der Waals surface area (Å²) in [6.07, 6.45) is -3.64. The van der Waals surface area contributed by atoms with Gasteiger partial charge in [0.2, 0.25) is 0 Å². The fourth-order valence-electron chi connectivity index (χ4n) is 2.08. The molecule has 0 bridgehead atoms. The normalized spacial score (nSPS) is 35.5. The van der Waals surface area contributed by atoms with Crippen LogP contribution in [-0.2, 0) is 14.3 Å². The van der Waals surface area contributed by atoms with Crippen molar-refractivity contribution < 1.29 is 34.7 Å². The molecule has 0 aliphatic carbocycles. The Bertz CT molecular complexity index is 544. The standard InChI is InChI=1S/C15H18O7/c1-9-12(17)13(18)14(19)15(20,21-9)22-11(16)8-7-10-5-3-2-4-6-10/h2-9,12-14,17-20H,1H3/t9-,12-,13+,14+,15+/m0/s1. The van der Waals surface area contributed by atoms with Crippen LogP contribution in [0.4, 0.5) is 0 Å². The zero-order valence-electron chi connectivity index (χ0n) is 11.9. The second-order valence-corrected chi connectivity index (χ2v) is 5.04. The van der Waals surface area contributed by atoms with E-state index in [1.165, 1.54) is 13.0 Å². The third-order valence-electron chi connectivity index (χ3n) is 3.34. The third-order valence-corrected chi connectivity index (χ3v) is 3.34. The molecule has 2 rings (SSSR count). The summed E-state index contributed by atoms with van der Waals surface area (Å²) in [6.45, 7) is 1.36. The van der Waals surface area contributed by atoms with Crippen molar-refractivity contribution in [1.29, 1.82) is 0 Å². The smallest absolute Gasteiger partial charge is 0.357 e. The maximum absolute atomic E-state index is 11.7. The topological polar surface area (TPSA) is 116 Å². The minimum atomic E-state index is -2.73. The first kappa shape index (κ1) is 16.6. The number of hydrogen-bond acceptors (Lipinski definition) is 7. The van der Waals surface area contributed by atoms with Crippen molar-refractivity contribution in [3.63, 3.8) is 0 Å². The average molecular weight is 310 g/mol. The van der Waals surface area contributed by atoms with Crippen molar-refractivity contribution in [3.8, 4) is 0 Å². The number of hydrogen-bond donors (Lipinski definition) is 4. The summed E-state index contributed by atoms with van der Waals surface area (Å²) >= 11 is 0. The number of benzene rings is 1. The second kappa shape index (κ2) is 6.55. The van der Waals surface area contributed by atoms with Crippen molar-refractivity contribution in [3.05, 3.63) is 42.0 Å². The summed E-state index contributed by atoms with van der Waals surface area (Å²) in [7, 11) is 0. The van der Waals surface area contributed by atoms with Crippen LogP contribution in [0.5, 0.6) is 0 Å². The Morgan fingerprint density at radius 2 is 1.86 bits per heavy atom. The first-order valence-electron chi connectivity index (χ1n) is 6.74. The van der Waals surface area contributed by atoms with Crippen LogP contribution in [0.2, 0.25) is 0 Å². The molecular formula is C15H18O7. The van der Waals surface area contributed by atoms with Crippen LogP contribution >= 0.6 is 0 Å². The zero-order valence-corrected chi connectivity index (χ0v) is 11.9. The molecule has 7 nitrogen and oxygen atoms in total. The lowest BCUT2D eigenvalue weighted by Gasteiger charge is -2.43. The van der Waals surface area contributed by atoms with E-state index in [-0.39, 0.29) is 0 Å². The second-order valence-electron chi connectivity index (χ2n) is 5.04. The van der Waals surface area contributed by atoms with Crippen LogP contribution in [-0.4, -0.2) is 56.8 Å². The molecule has 1 aliphatic rings. The van der Waals surface area contributed by atoms with Crippen molar-refractivity contribution in [2.45, 2.75) is 37.3 Å². The molecule has 0 saturated carbocycles. The van der Waals surface area contributed by atoms with Gasteiger partial charge >= 0.3 is 11.9 Å². The molecule has 4 N–H and O–H groups in total. The molecule has 120 valence electrons. The van der Waals surface area contributed by atoms with Crippen LogP contribution < -0.4 is 0 Å². The molecule has 1 fully saturated rings. The van der Waals surface area contributed by atoms with Crippen LogP contribution in [0.1, 0.15) is 12.5 Å². The molecule has 7 heteroatoms. The summed E-state index contributed by atoms with van der Waals surface area (Å²) < 4.78 is 9.60. The van der Waals surface area contributed by atoms with Gasteiger partial charge in [0.1, 0.15) is 12.2 Å². The van der Waals surface area contributed by atoms with Crippen molar-refractivity contribution in [2.24, 2.45) is 0 Å². The number of aliphatic hydroxyl groups is 4. The molecular weight excluding hydrogens is 292 g/mol. The van der Waals surface area contributed by atoms with Gasteiger partial charge in [-0.3, -0.25) is 0 Å². The van der Waals surface area contributed by atoms with Gasteiger partial charge in [-0.1, -0.05) is 30.3 Å². The Labute approximate surface area is 127 Å². The summed E-state index contributed by atoms with van der Waals surface area (Å²) in [5.41, 5.74) is 0.736. The molecule has 1 aliphatic heterocycles. The van der Waals surface area contributed by atoms with Gasteiger partial charge in [-0.05, 0) is 18.6 Å². The van der Waals surface area contributed by atoms with Crippen LogP contribution in [0, 0.1) is 0 Å². The largest absolute Gasteiger partial charge is 0.402 e. The van der Waals surface area contributed by atoms with E-state index < -0.39 is 36.4 Å². The fraction of sp³-hybridized carbons (Fsp3) is 0.400. The quantitative estimate of drug-likeness (QED) is 0.334. The van der Waals surface area contributed by atoms with Gasteiger partial charge in [0.25, 0.3) is 0 Å². The lowest BCUT2D eigenvalue weighted by Crippen LogP contribution is -2.65. The Kier molecular flexibility index (Phi) is 4.94. The number of carbonyl (C=O) groups excluding carboxylic acids is 1. The molecule has 0 unspecified atom stereocenters. The molecule has 1 aromatic rings. The van der Waals surface area contributed by atoms with Crippen molar-refractivity contribution >= 4 is 12.0 Å². The van der Waals surface area contributed by atoms with Gasteiger partial charge in [0, 0.05) is 6.08 Å². The van der Waals surface area contributed by atoms with Crippen molar-refractivity contribution in [1.82, 2.24) is 0 Å². The van der Waals surface area contributed by atoms with Crippen LogP contribution in [0.25, 0.3) is 6.08 Å². The van der Waals surface area contributed by atoms with Gasteiger partial charge in [0.05, 0.1) is 6.10 Å². The maximum atomic E-state index is 11.7. The minimum Gasteiger partial charge on any atom is -0.402 e.